The molecule has 114 valence electrons. The normalized spacial score (nSPS) is 30.4. The molecule has 1 saturated heterocycles. The van der Waals surface area contributed by atoms with Gasteiger partial charge in [0, 0.05) is 32.1 Å². The smallest absolute Gasteiger partial charge is 0.242 e. The van der Waals surface area contributed by atoms with Crippen LogP contribution in [-0.2, 0) is 9.59 Å². The van der Waals surface area contributed by atoms with Crippen LogP contribution in [0.2, 0.25) is 0 Å². The van der Waals surface area contributed by atoms with E-state index in [9.17, 15) is 9.59 Å². The molecule has 0 aromatic rings. The van der Waals surface area contributed by atoms with Crippen molar-refractivity contribution in [2.45, 2.75) is 45.1 Å². The molecule has 2 N–H and O–H groups in total. The summed E-state index contributed by atoms with van der Waals surface area (Å²) in [5, 5.41) is 0. The molecular weight excluding hydrogens is 254 g/mol. The van der Waals surface area contributed by atoms with Crippen molar-refractivity contribution < 1.29 is 9.59 Å². The summed E-state index contributed by atoms with van der Waals surface area (Å²) in [4.78, 5) is 28.1. The number of rotatable bonds is 3. The Kier molecular flexibility index (Phi) is 5.02. The third-order valence-electron chi connectivity index (χ3n) is 4.76. The second-order valence-electron chi connectivity index (χ2n) is 6.44. The van der Waals surface area contributed by atoms with Crippen LogP contribution in [0.15, 0.2) is 0 Å². The molecule has 3 unspecified atom stereocenters. The van der Waals surface area contributed by atoms with Crippen LogP contribution < -0.4 is 5.73 Å². The third-order valence-corrected chi connectivity index (χ3v) is 4.76. The van der Waals surface area contributed by atoms with Crippen molar-refractivity contribution in [3.63, 3.8) is 0 Å². The molecule has 0 bridgehead atoms. The SMILES string of the molecule is CC1CCC(N)CC1C(=O)N(C)CC(=O)N1CCCC1. The molecular formula is C15H27N3O2. The zero-order chi connectivity index (χ0) is 14.7. The van der Waals surface area contributed by atoms with Gasteiger partial charge in [0.05, 0.1) is 6.54 Å². The van der Waals surface area contributed by atoms with E-state index in [1.807, 2.05) is 4.90 Å². The van der Waals surface area contributed by atoms with Gasteiger partial charge in [-0.2, -0.15) is 0 Å². The van der Waals surface area contributed by atoms with E-state index in [2.05, 4.69) is 6.92 Å². The van der Waals surface area contributed by atoms with Crippen molar-refractivity contribution in [3.8, 4) is 0 Å². The monoisotopic (exact) mass is 281 g/mol. The van der Waals surface area contributed by atoms with Gasteiger partial charge in [0.2, 0.25) is 11.8 Å². The van der Waals surface area contributed by atoms with Crippen molar-refractivity contribution in [1.82, 2.24) is 9.80 Å². The number of nitrogens with zero attached hydrogens (tertiary/aromatic N) is 2. The molecule has 20 heavy (non-hydrogen) atoms. The van der Waals surface area contributed by atoms with Gasteiger partial charge in [-0.1, -0.05) is 6.92 Å². The summed E-state index contributed by atoms with van der Waals surface area (Å²) >= 11 is 0. The standard InChI is InChI=1S/C15H27N3O2/c1-11-5-6-12(16)9-13(11)15(20)17(2)10-14(19)18-7-3-4-8-18/h11-13H,3-10,16H2,1-2H3. The lowest BCUT2D eigenvalue weighted by Crippen LogP contribution is -2.46. The highest BCUT2D eigenvalue weighted by Gasteiger charge is 2.33. The van der Waals surface area contributed by atoms with Crippen LogP contribution in [-0.4, -0.2) is 54.3 Å². The highest BCUT2D eigenvalue weighted by molar-refractivity contribution is 5.86. The summed E-state index contributed by atoms with van der Waals surface area (Å²) in [5.74, 6) is 0.507. The fourth-order valence-electron chi connectivity index (χ4n) is 3.33. The van der Waals surface area contributed by atoms with Gasteiger partial charge in [-0.3, -0.25) is 9.59 Å². The number of nitrogens with two attached hydrogens (primary N) is 1. The minimum atomic E-state index is -0.0184. The van der Waals surface area contributed by atoms with Crippen molar-refractivity contribution >= 4 is 11.8 Å². The average Bonchev–Trinajstić information content (AvgIpc) is 2.94. The molecule has 0 aromatic heterocycles. The zero-order valence-electron chi connectivity index (χ0n) is 12.7. The lowest BCUT2D eigenvalue weighted by molar-refractivity contribution is -0.143. The molecule has 1 heterocycles. The number of carbonyl (C=O) groups excluding carboxylic acids is 2. The van der Waals surface area contributed by atoms with Crippen LogP contribution in [0.4, 0.5) is 0 Å². The summed E-state index contributed by atoms with van der Waals surface area (Å²) in [6.45, 7) is 4.00. The van der Waals surface area contributed by atoms with Crippen LogP contribution in [0.3, 0.4) is 0 Å². The number of hydrogen-bond donors (Lipinski definition) is 1. The van der Waals surface area contributed by atoms with E-state index in [0.29, 0.717) is 5.92 Å². The Hall–Kier alpha value is -1.10. The first-order valence-corrected chi connectivity index (χ1v) is 7.77. The first-order valence-electron chi connectivity index (χ1n) is 7.77. The topological polar surface area (TPSA) is 66.6 Å². The van der Waals surface area contributed by atoms with E-state index in [4.69, 9.17) is 5.73 Å². The van der Waals surface area contributed by atoms with E-state index in [-0.39, 0.29) is 30.3 Å². The van der Waals surface area contributed by atoms with E-state index >= 15 is 0 Å². The maximum absolute atomic E-state index is 12.5. The lowest BCUT2D eigenvalue weighted by atomic mass is 9.77. The molecule has 2 rings (SSSR count). The molecule has 0 aromatic carbocycles. The molecule has 2 amide bonds. The van der Waals surface area contributed by atoms with Gasteiger partial charge >= 0.3 is 0 Å². The second kappa shape index (κ2) is 6.57. The lowest BCUT2D eigenvalue weighted by Gasteiger charge is -2.34. The first kappa shape index (κ1) is 15.3. The number of likely N-dealkylation sites (N-methyl/N-ethyl adjacent to an activating group) is 1. The Morgan fingerprint density at radius 3 is 2.55 bits per heavy atom. The highest BCUT2D eigenvalue weighted by Crippen LogP contribution is 2.30. The summed E-state index contributed by atoms with van der Waals surface area (Å²) in [6.07, 6.45) is 4.92. The Morgan fingerprint density at radius 2 is 1.90 bits per heavy atom. The van der Waals surface area contributed by atoms with E-state index in [1.165, 1.54) is 0 Å². The van der Waals surface area contributed by atoms with Crippen molar-refractivity contribution in [1.29, 1.82) is 0 Å². The first-order chi connectivity index (χ1) is 9.49. The van der Waals surface area contributed by atoms with E-state index in [0.717, 1.165) is 45.2 Å². The molecule has 1 saturated carbocycles. The van der Waals surface area contributed by atoms with Crippen LogP contribution in [0.5, 0.6) is 0 Å². The Labute approximate surface area is 121 Å². The largest absolute Gasteiger partial charge is 0.341 e. The third kappa shape index (κ3) is 3.51. The zero-order valence-corrected chi connectivity index (χ0v) is 12.7. The number of likely N-dealkylation sites (tertiary alicyclic amines) is 1. The number of carbonyl (C=O) groups is 2. The van der Waals surface area contributed by atoms with Gasteiger partial charge in [-0.05, 0) is 38.0 Å². The van der Waals surface area contributed by atoms with Crippen LogP contribution >= 0.6 is 0 Å². The predicted molar refractivity (Wildman–Crippen MR) is 77.9 cm³/mol. The van der Waals surface area contributed by atoms with Gasteiger partial charge < -0.3 is 15.5 Å². The maximum atomic E-state index is 12.5. The molecule has 0 spiro atoms. The van der Waals surface area contributed by atoms with Gasteiger partial charge in [0.25, 0.3) is 0 Å². The predicted octanol–water partition coefficient (Wildman–Crippen LogP) is 0.831. The molecule has 5 nitrogen and oxygen atoms in total. The fraction of sp³-hybridized carbons (Fsp3) is 0.867. The molecule has 1 aliphatic heterocycles. The number of amides is 2. The molecule has 3 atom stereocenters. The van der Waals surface area contributed by atoms with Crippen LogP contribution in [0, 0.1) is 11.8 Å². The molecule has 1 aliphatic carbocycles. The van der Waals surface area contributed by atoms with Crippen molar-refractivity contribution in [2.24, 2.45) is 17.6 Å². The molecule has 0 radical (unpaired) electrons. The minimum absolute atomic E-state index is 0.0184. The average molecular weight is 281 g/mol. The second-order valence-corrected chi connectivity index (χ2v) is 6.44. The van der Waals surface area contributed by atoms with E-state index in [1.54, 1.807) is 11.9 Å². The Morgan fingerprint density at radius 1 is 1.25 bits per heavy atom. The van der Waals surface area contributed by atoms with Gasteiger partial charge in [0.1, 0.15) is 0 Å². The maximum Gasteiger partial charge on any atom is 0.242 e. The van der Waals surface area contributed by atoms with Crippen molar-refractivity contribution in [3.05, 3.63) is 0 Å². The Bertz CT molecular complexity index is 366. The number of hydrogen-bond acceptors (Lipinski definition) is 3. The van der Waals surface area contributed by atoms with Gasteiger partial charge in [-0.25, -0.2) is 0 Å². The summed E-state index contributed by atoms with van der Waals surface area (Å²) in [7, 11) is 1.74. The summed E-state index contributed by atoms with van der Waals surface area (Å²) in [6, 6.07) is 0.128. The fourth-order valence-corrected chi connectivity index (χ4v) is 3.33. The minimum Gasteiger partial charge on any atom is -0.341 e. The van der Waals surface area contributed by atoms with Gasteiger partial charge in [-0.15, -0.1) is 0 Å². The molecule has 2 aliphatic rings. The summed E-state index contributed by atoms with van der Waals surface area (Å²) < 4.78 is 0. The summed E-state index contributed by atoms with van der Waals surface area (Å²) in [5.41, 5.74) is 5.98. The van der Waals surface area contributed by atoms with E-state index < -0.39 is 0 Å². The van der Waals surface area contributed by atoms with Crippen LogP contribution in [0.25, 0.3) is 0 Å². The quantitative estimate of drug-likeness (QED) is 0.833. The highest BCUT2D eigenvalue weighted by atomic mass is 16.2. The molecule has 5 heteroatoms. The molecule has 2 fully saturated rings. The van der Waals surface area contributed by atoms with Crippen molar-refractivity contribution in [2.75, 3.05) is 26.7 Å². The van der Waals surface area contributed by atoms with Gasteiger partial charge in [0.15, 0.2) is 0 Å². The Balaban J connectivity index is 1.88. The van der Waals surface area contributed by atoms with Crippen LogP contribution in [0.1, 0.15) is 39.0 Å².